The Labute approximate surface area is 197 Å². The summed E-state index contributed by atoms with van der Waals surface area (Å²) in [5, 5.41) is 10.1. The van der Waals surface area contributed by atoms with Gasteiger partial charge in [0.15, 0.2) is 0 Å². The summed E-state index contributed by atoms with van der Waals surface area (Å²) >= 11 is 0. The van der Waals surface area contributed by atoms with E-state index >= 15 is 0 Å². The Morgan fingerprint density at radius 2 is 1.65 bits per heavy atom. The summed E-state index contributed by atoms with van der Waals surface area (Å²) in [7, 11) is 0. The van der Waals surface area contributed by atoms with Gasteiger partial charge in [-0.3, -0.25) is 0 Å². The highest BCUT2D eigenvalue weighted by atomic mass is 16.5. The van der Waals surface area contributed by atoms with Crippen LogP contribution >= 0.6 is 0 Å². The van der Waals surface area contributed by atoms with Crippen molar-refractivity contribution in [3.05, 3.63) is 72.3 Å². The van der Waals surface area contributed by atoms with Gasteiger partial charge in [-0.25, -0.2) is 5.43 Å². The Morgan fingerprint density at radius 3 is 2.47 bits per heavy atom. The third-order valence-electron chi connectivity index (χ3n) is 5.61. The highest BCUT2D eigenvalue weighted by molar-refractivity contribution is 5.99. The Hall–Kier alpha value is -4.24. The Bertz CT molecular complexity index is 1310. The number of hydrazone groups is 1. The number of morpholine rings is 1. The standard InChI is InChI=1S/C25H26N8O/c1-17(18-9-11-20(26)12-10-18)31-32-24-28-23(29-25(30-24)33-13-15-34-16-14-33)27-22-8-4-6-19-5-2-3-7-21(19)22/h2-12H,13-16,26H2,1H3,(H2,27,28,29,30,32)/b31-17+. The molecule has 0 amide bonds. The summed E-state index contributed by atoms with van der Waals surface area (Å²) in [5.74, 6) is 1.37. The van der Waals surface area contributed by atoms with Gasteiger partial charge in [-0.05, 0) is 36.1 Å². The number of anilines is 5. The van der Waals surface area contributed by atoms with Crippen molar-refractivity contribution in [1.82, 2.24) is 15.0 Å². The van der Waals surface area contributed by atoms with E-state index in [-0.39, 0.29) is 0 Å². The molecule has 2 heterocycles. The van der Waals surface area contributed by atoms with E-state index in [9.17, 15) is 0 Å². The number of rotatable bonds is 6. The van der Waals surface area contributed by atoms with Crippen LogP contribution in [-0.4, -0.2) is 47.0 Å². The molecule has 9 heteroatoms. The molecule has 9 nitrogen and oxygen atoms in total. The molecule has 0 unspecified atom stereocenters. The van der Waals surface area contributed by atoms with E-state index in [0.717, 1.165) is 27.7 Å². The minimum Gasteiger partial charge on any atom is -0.399 e. The van der Waals surface area contributed by atoms with Gasteiger partial charge < -0.3 is 20.7 Å². The van der Waals surface area contributed by atoms with E-state index in [1.54, 1.807) is 0 Å². The predicted octanol–water partition coefficient (Wildman–Crippen LogP) is 4.02. The molecule has 0 radical (unpaired) electrons. The maximum absolute atomic E-state index is 5.79. The van der Waals surface area contributed by atoms with E-state index in [4.69, 9.17) is 10.5 Å². The normalized spacial score (nSPS) is 14.3. The van der Waals surface area contributed by atoms with Crippen LogP contribution in [0.1, 0.15) is 12.5 Å². The lowest BCUT2D eigenvalue weighted by Gasteiger charge is -2.27. The number of hydrogen-bond donors (Lipinski definition) is 3. The van der Waals surface area contributed by atoms with Crippen molar-refractivity contribution >= 4 is 45.7 Å². The predicted molar refractivity (Wildman–Crippen MR) is 137 cm³/mol. The fourth-order valence-electron chi connectivity index (χ4n) is 3.75. The van der Waals surface area contributed by atoms with Gasteiger partial charge in [0.2, 0.25) is 17.8 Å². The molecule has 5 rings (SSSR count). The number of hydrogen-bond acceptors (Lipinski definition) is 9. The molecular formula is C25H26N8O. The summed E-state index contributed by atoms with van der Waals surface area (Å²) in [4.78, 5) is 16.0. The summed E-state index contributed by atoms with van der Waals surface area (Å²) in [5.41, 5.74) is 12.2. The molecule has 3 aromatic carbocycles. The van der Waals surface area contributed by atoms with E-state index in [1.807, 2.05) is 55.5 Å². The molecule has 0 atom stereocenters. The molecule has 1 aliphatic rings. The van der Waals surface area contributed by atoms with Crippen molar-refractivity contribution in [2.24, 2.45) is 5.10 Å². The van der Waals surface area contributed by atoms with Gasteiger partial charge in [0.25, 0.3) is 0 Å². The van der Waals surface area contributed by atoms with Crippen molar-refractivity contribution < 1.29 is 4.74 Å². The van der Waals surface area contributed by atoms with Crippen molar-refractivity contribution in [2.45, 2.75) is 6.92 Å². The Kier molecular flexibility index (Phi) is 6.17. The fourth-order valence-corrected chi connectivity index (χ4v) is 3.75. The molecule has 1 aromatic heterocycles. The number of nitrogen functional groups attached to an aromatic ring is 1. The lowest BCUT2D eigenvalue weighted by Crippen LogP contribution is -2.37. The number of fused-ring (bicyclic) bond motifs is 1. The van der Waals surface area contributed by atoms with Gasteiger partial charge in [-0.1, -0.05) is 48.5 Å². The minimum atomic E-state index is 0.356. The highest BCUT2D eigenvalue weighted by Crippen LogP contribution is 2.26. The molecule has 0 aliphatic carbocycles. The van der Waals surface area contributed by atoms with Crippen LogP contribution in [0.4, 0.5) is 29.2 Å². The van der Waals surface area contributed by atoms with Crippen LogP contribution in [0, 0.1) is 0 Å². The van der Waals surface area contributed by atoms with Crippen molar-refractivity contribution in [3.8, 4) is 0 Å². The molecule has 4 aromatic rings. The molecule has 172 valence electrons. The highest BCUT2D eigenvalue weighted by Gasteiger charge is 2.17. The topological polar surface area (TPSA) is 114 Å². The first kappa shape index (κ1) is 21.6. The average Bonchev–Trinajstić information content (AvgIpc) is 2.88. The van der Waals surface area contributed by atoms with Gasteiger partial charge in [-0.15, -0.1) is 0 Å². The molecule has 0 spiro atoms. The zero-order valence-electron chi connectivity index (χ0n) is 18.9. The SMILES string of the molecule is C/C(=N\Nc1nc(Nc2cccc3ccccc23)nc(N2CCOCC2)n1)c1ccc(N)cc1. The summed E-state index contributed by atoms with van der Waals surface area (Å²) < 4.78 is 5.49. The van der Waals surface area contributed by atoms with Crippen LogP contribution in [-0.2, 0) is 4.74 Å². The number of nitrogens with one attached hydrogen (secondary N) is 2. The van der Waals surface area contributed by atoms with E-state index < -0.39 is 0 Å². The van der Waals surface area contributed by atoms with Gasteiger partial charge in [0.05, 0.1) is 18.9 Å². The van der Waals surface area contributed by atoms with Crippen LogP contribution in [0.2, 0.25) is 0 Å². The van der Waals surface area contributed by atoms with Crippen LogP contribution in [0.25, 0.3) is 10.8 Å². The summed E-state index contributed by atoms with van der Waals surface area (Å²) in [6.07, 6.45) is 0. The molecule has 1 fully saturated rings. The van der Waals surface area contributed by atoms with Crippen LogP contribution in [0.3, 0.4) is 0 Å². The van der Waals surface area contributed by atoms with E-state index in [0.29, 0.717) is 49.8 Å². The number of nitrogens with zero attached hydrogens (tertiary/aromatic N) is 5. The first-order valence-electron chi connectivity index (χ1n) is 11.2. The number of aromatic nitrogens is 3. The van der Waals surface area contributed by atoms with Gasteiger partial charge >= 0.3 is 0 Å². The summed E-state index contributed by atoms with van der Waals surface area (Å²) in [6, 6.07) is 21.8. The summed E-state index contributed by atoms with van der Waals surface area (Å²) in [6.45, 7) is 4.61. The second kappa shape index (κ2) is 9.72. The molecular weight excluding hydrogens is 428 g/mol. The maximum Gasteiger partial charge on any atom is 0.250 e. The molecule has 1 aliphatic heterocycles. The zero-order valence-corrected chi connectivity index (χ0v) is 18.9. The Morgan fingerprint density at radius 1 is 0.912 bits per heavy atom. The molecule has 0 saturated carbocycles. The van der Waals surface area contributed by atoms with Crippen molar-refractivity contribution in [1.29, 1.82) is 0 Å². The fraction of sp³-hybridized carbons (Fsp3) is 0.200. The smallest absolute Gasteiger partial charge is 0.250 e. The first-order chi connectivity index (χ1) is 16.7. The molecule has 0 bridgehead atoms. The Balaban J connectivity index is 1.46. The third-order valence-corrected chi connectivity index (χ3v) is 5.61. The van der Waals surface area contributed by atoms with Crippen molar-refractivity contribution in [3.63, 3.8) is 0 Å². The quantitative estimate of drug-likeness (QED) is 0.227. The lowest BCUT2D eigenvalue weighted by atomic mass is 10.1. The number of benzene rings is 3. The average molecular weight is 455 g/mol. The largest absolute Gasteiger partial charge is 0.399 e. The number of ether oxygens (including phenoxy) is 1. The third kappa shape index (κ3) is 4.89. The van der Waals surface area contributed by atoms with Crippen LogP contribution < -0.4 is 21.4 Å². The van der Waals surface area contributed by atoms with Gasteiger partial charge in [-0.2, -0.15) is 20.1 Å². The second-order valence-electron chi connectivity index (χ2n) is 7.96. The van der Waals surface area contributed by atoms with Gasteiger partial charge in [0.1, 0.15) is 0 Å². The van der Waals surface area contributed by atoms with E-state index in [1.165, 1.54) is 0 Å². The zero-order chi connectivity index (χ0) is 23.3. The van der Waals surface area contributed by atoms with Gasteiger partial charge in [0, 0.05) is 29.9 Å². The minimum absolute atomic E-state index is 0.356. The lowest BCUT2D eigenvalue weighted by molar-refractivity contribution is 0.122. The molecule has 4 N–H and O–H groups in total. The molecule has 34 heavy (non-hydrogen) atoms. The first-order valence-corrected chi connectivity index (χ1v) is 11.2. The van der Waals surface area contributed by atoms with Crippen LogP contribution in [0.15, 0.2) is 71.8 Å². The monoisotopic (exact) mass is 454 g/mol. The second-order valence-corrected chi connectivity index (χ2v) is 7.96. The number of nitrogens with two attached hydrogens (primary N) is 1. The molecule has 1 saturated heterocycles. The maximum atomic E-state index is 5.79. The van der Waals surface area contributed by atoms with Crippen molar-refractivity contribution in [2.75, 3.05) is 47.7 Å². The van der Waals surface area contributed by atoms with Crippen LogP contribution in [0.5, 0.6) is 0 Å². The van der Waals surface area contributed by atoms with E-state index in [2.05, 4.69) is 53.9 Å².